The number of hydrogen-bond acceptors (Lipinski definition) is 2. The van der Waals surface area contributed by atoms with Crippen LogP contribution in [0.1, 0.15) is 6.92 Å². The van der Waals surface area contributed by atoms with Crippen LogP contribution in [0.5, 0.6) is 0 Å². The summed E-state index contributed by atoms with van der Waals surface area (Å²) in [4.78, 5) is 0. The average Bonchev–Trinajstić information content (AvgIpc) is 2.20. The molecule has 0 saturated heterocycles. The van der Waals surface area contributed by atoms with E-state index in [1.807, 2.05) is 18.2 Å². The van der Waals surface area contributed by atoms with E-state index in [0.29, 0.717) is 5.92 Å². The number of rotatable bonds is 5. The topological polar surface area (TPSA) is 21.3 Å². The smallest absolute Gasteiger partial charge is 0.0568 e. The lowest BCUT2D eigenvalue weighted by atomic mass is 10.2. The molecule has 0 aliphatic carbocycles. The highest BCUT2D eigenvalue weighted by Gasteiger charge is 2.02. The van der Waals surface area contributed by atoms with Gasteiger partial charge in [-0.05, 0) is 40.0 Å². The Morgan fingerprint density at radius 3 is 2.87 bits per heavy atom. The first-order valence-corrected chi connectivity index (χ1v) is 5.98. The maximum atomic E-state index is 5.98. The van der Waals surface area contributed by atoms with Gasteiger partial charge in [0, 0.05) is 23.8 Å². The van der Waals surface area contributed by atoms with Crippen LogP contribution >= 0.6 is 27.5 Å². The number of hydrogen-bond donors (Lipinski definition) is 1. The van der Waals surface area contributed by atoms with E-state index in [2.05, 4.69) is 28.2 Å². The Balaban J connectivity index is 2.47. The van der Waals surface area contributed by atoms with Gasteiger partial charge in [-0.25, -0.2) is 0 Å². The van der Waals surface area contributed by atoms with E-state index in [-0.39, 0.29) is 0 Å². The Bertz CT molecular complexity index is 319. The van der Waals surface area contributed by atoms with Gasteiger partial charge in [0.05, 0.1) is 11.6 Å². The van der Waals surface area contributed by atoms with Crippen molar-refractivity contribution in [2.75, 3.05) is 25.6 Å². The predicted octanol–water partition coefficient (Wildman–Crippen LogP) is 3.80. The maximum absolute atomic E-state index is 5.98. The lowest BCUT2D eigenvalue weighted by Gasteiger charge is -2.12. The summed E-state index contributed by atoms with van der Waals surface area (Å²) in [5.74, 6) is 0.484. The molecule has 0 aromatic heterocycles. The average molecular weight is 293 g/mol. The molecule has 1 aromatic rings. The van der Waals surface area contributed by atoms with Gasteiger partial charge in [-0.2, -0.15) is 0 Å². The van der Waals surface area contributed by atoms with Crippen LogP contribution in [-0.4, -0.2) is 20.3 Å². The van der Waals surface area contributed by atoms with Gasteiger partial charge in [-0.15, -0.1) is 0 Å². The lowest BCUT2D eigenvalue weighted by molar-refractivity contribution is 0.164. The van der Waals surface area contributed by atoms with Gasteiger partial charge in [0.15, 0.2) is 0 Å². The van der Waals surface area contributed by atoms with E-state index < -0.39 is 0 Å². The van der Waals surface area contributed by atoms with Gasteiger partial charge in [-0.3, -0.25) is 0 Å². The van der Waals surface area contributed by atoms with Crippen LogP contribution in [0.4, 0.5) is 5.69 Å². The monoisotopic (exact) mass is 291 g/mol. The number of methoxy groups -OCH3 is 1. The summed E-state index contributed by atoms with van der Waals surface area (Å²) in [7, 11) is 1.72. The standard InChI is InChI=1S/C11H15BrClNO/c1-8(7-15-2)6-14-9-3-4-10(12)11(13)5-9/h3-5,8,14H,6-7H2,1-2H3. The molecule has 0 radical (unpaired) electrons. The van der Waals surface area contributed by atoms with Crippen molar-refractivity contribution in [1.82, 2.24) is 0 Å². The Morgan fingerprint density at radius 1 is 1.53 bits per heavy atom. The highest BCUT2D eigenvalue weighted by molar-refractivity contribution is 9.10. The Morgan fingerprint density at radius 2 is 2.27 bits per heavy atom. The summed E-state index contributed by atoms with van der Waals surface area (Å²) >= 11 is 9.33. The minimum absolute atomic E-state index is 0.484. The summed E-state index contributed by atoms with van der Waals surface area (Å²) < 4.78 is 5.98. The minimum atomic E-state index is 0.484. The third-order valence-corrected chi connectivity index (χ3v) is 3.26. The molecule has 0 amide bonds. The van der Waals surface area contributed by atoms with Crippen molar-refractivity contribution in [3.05, 3.63) is 27.7 Å². The molecule has 1 N–H and O–H groups in total. The van der Waals surface area contributed by atoms with Crippen molar-refractivity contribution in [2.24, 2.45) is 5.92 Å². The van der Waals surface area contributed by atoms with Crippen LogP contribution in [0.3, 0.4) is 0 Å². The third-order valence-electron chi connectivity index (χ3n) is 2.03. The van der Waals surface area contributed by atoms with Crippen molar-refractivity contribution in [1.29, 1.82) is 0 Å². The summed E-state index contributed by atoms with van der Waals surface area (Å²) in [5.41, 5.74) is 1.03. The first-order chi connectivity index (χ1) is 7.13. The second kappa shape index (κ2) is 6.36. The van der Waals surface area contributed by atoms with Crippen LogP contribution < -0.4 is 5.32 Å². The number of ether oxygens (including phenoxy) is 1. The number of halogens is 2. The van der Waals surface area contributed by atoms with Crippen molar-refractivity contribution in [3.8, 4) is 0 Å². The zero-order valence-electron chi connectivity index (χ0n) is 8.89. The number of benzene rings is 1. The zero-order chi connectivity index (χ0) is 11.3. The molecule has 0 heterocycles. The summed E-state index contributed by atoms with van der Waals surface area (Å²) in [5, 5.41) is 4.03. The fraction of sp³-hybridized carbons (Fsp3) is 0.455. The zero-order valence-corrected chi connectivity index (χ0v) is 11.2. The molecular weight excluding hydrogens is 277 g/mol. The second-order valence-corrected chi connectivity index (χ2v) is 4.83. The summed E-state index contributed by atoms with van der Waals surface area (Å²) in [6.07, 6.45) is 0. The molecule has 2 nitrogen and oxygen atoms in total. The van der Waals surface area contributed by atoms with Crippen LogP contribution in [0.2, 0.25) is 5.02 Å². The summed E-state index contributed by atoms with van der Waals surface area (Å²) in [6, 6.07) is 5.84. The first kappa shape index (κ1) is 12.8. The van der Waals surface area contributed by atoms with Crippen LogP contribution in [0.15, 0.2) is 22.7 Å². The van der Waals surface area contributed by atoms with Gasteiger partial charge in [-0.1, -0.05) is 18.5 Å². The Kier molecular flexibility index (Phi) is 5.43. The van der Waals surface area contributed by atoms with Gasteiger partial charge in [0.1, 0.15) is 0 Å². The van der Waals surface area contributed by atoms with E-state index in [1.165, 1.54) is 0 Å². The molecule has 0 aliphatic heterocycles. The van der Waals surface area contributed by atoms with E-state index in [4.69, 9.17) is 16.3 Å². The fourth-order valence-corrected chi connectivity index (χ4v) is 1.67. The molecule has 1 atom stereocenters. The van der Waals surface area contributed by atoms with Gasteiger partial charge in [0.2, 0.25) is 0 Å². The first-order valence-electron chi connectivity index (χ1n) is 4.81. The van der Waals surface area contributed by atoms with Crippen molar-refractivity contribution >= 4 is 33.2 Å². The molecule has 1 rings (SSSR count). The molecule has 84 valence electrons. The predicted molar refractivity (Wildman–Crippen MR) is 68.7 cm³/mol. The SMILES string of the molecule is COCC(C)CNc1ccc(Br)c(Cl)c1. The largest absolute Gasteiger partial charge is 0.385 e. The summed E-state index contributed by atoms with van der Waals surface area (Å²) in [6.45, 7) is 3.78. The van der Waals surface area contributed by atoms with Gasteiger partial charge >= 0.3 is 0 Å². The molecule has 1 aromatic carbocycles. The van der Waals surface area contributed by atoms with Crippen LogP contribution in [-0.2, 0) is 4.74 Å². The van der Waals surface area contributed by atoms with Crippen LogP contribution in [0.25, 0.3) is 0 Å². The molecule has 1 unspecified atom stereocenters. The molecule has 0 fully saturated rings. The molecule has 4 heteroatoms. The van der Waals surface area contributed by atoms with Crippen molar-refractivity contribution in [2.45, 2.75) is 6.92 Å². The normalized spacial score (nSPS) is 12.5. The molecule has 0 bridgehead atoms. The van der Waals surface area contributed by atoms with E-state index in [9.17, 15) is 0 Å². The fourth-order valence-electron chi connectivity index (χ4n) is 1.24. The van der Waals surface area contributed by atoms with Crippen LogP contribution in [0, 0.1) is 5.92 Å². The van der Waals surface area contributed by atoms with Gasteiger partial charge in [0.25, 0.3) is 0 Å². The highest BCUT2D eigenvalue weighted by atomic mass is 79.9. The van der Waals surface area contributed by atoms with E-state index in [0.717, 1.165) is 28.3 Å². The van der Waals surface area contributed by atoms with Crippen molar-refractivity contribution < 1.29 is 4.74 Å². The second-order valence-electron chi connectivity index (χ2n) is 3.57. The minimum Gasteiger partial charge on any atom is -0.385 e. The number of anilines is 1. The lowest BCUT2D eigenvalue weighted by Crippen LogP contribution is -2.15. The third kappa shape index (κ3) is 4.41. The molecular formula is C11H15BrClNO. The van der Waals surface area contributed by atoms with E-state index >= 15 is 0 Å². The molecule has 15 heavy (non-hydrogen) atoms. The number of nitrogens with one attached hydrogen (secondary N) is 1. The maximum Gasteiger partial charge on any atom is 0.0568 e. The molecule has 0 aliphatic rings. The van der Waals surface area contributed by atoms with Gasteiger partial charge < -0.3 is 10.1 Å². The quantitative estimate of drug-likeness (QED) is 0.891. The van der Waals surface area contributed by atoms with E-state index in [1.54, 1.807) is 7.11 Å². The van der Waals surface area contributed by atoms with Crippen molar-refractivity contribution in [3.63, 3.8) is 0 Å². The Labute approximate surface area is 104 Å². The molecule has 0 saturated carbocycles. The highest BCUT2D eigenvalue weighted by Crippen LogP contribution is 2.25. The Hall–Kier alpha value is -0.250. The molecule has 0 spiro atoms.